The third kappa shape index (κ3) is 4.65. The van der Waals surface area contributed by atoms with E-state index in [2.05, 4.69) is 10.4 Å². The van der Waals surface area contributed by atoms with Crippen molar-refractivity contribution in [3.05, 3.63) is 47.9 Å². The highest BCUT2D eigenvalue weighted by Gasteiger charge is 2.16. The second-order valence-electron chi connectivity index (χ2n) is 6.27. The summed E-state index contributed by atoms with van der Waals surface area (Å²) in [5.41, 5.74) is 0.840. The molecule has 23 heavy (non-hydrogen) atoms. The number of anilines is 1. The van der Waals surface area contributed by atoms with E-state index in [1.165, 1.54) is 37.8 Å². The number of carbonyl (C=O) groups is 1. The van der Waals surface area contributed by atoms with Gasteiger partial charge in [0.2, 0.25) is 5.91 Å². The number of carbonyl (C=O) groups excluding carboxylic acids is 1. The number of benzene rings is 1. The Morgan fingerprint density at radius 2 is 2.13 bits per heavy atom. The van der Waals surface area contributed by atoms with Crippen molar-refractivity contribution in [2.24, 2.45) is 5.92 Å². The molecule has 5 heteroatoms. The van der Waals surface area contributed by atoms with Crippen LogP contribution in [0.1, 0.15) is 44.1 Å². The van der Waals surface area contributed by atoms with E-state index in [0.29, 0.717) is 24.7 Å². The number of aromatic nitrogens is 2. The Morgan fingerprint density at radius 3 is 2.91 bits per heavy atom. The van der Waals surface area contributed by atoms with Gasteiger partial charge >= 0.3 is 0 Å². The van der Waals surface area contributed by atoms with Crippen LogP contribution in [0.4, 0.5) is 10.2 Å². The summed E-state index contributed by atoms with van der Waals surface area (Å²) in [7, 11) is 0. The Labute approximate surface area is 135 Å². The van der Waals surface area contributed by atoms with Crippen molar-refractivity contribution in [1.29, 1.82) is 0 Å². The fourth-order valence-corrected chi connectivity index (χ4v) is 3.18. The van der Waals surface area contributed by atoms with Gasteiger partial charge in [0, 0.05) is 18.7 Å². The molecule has 1 aromatic heterocycles. The van der Waals surface area contributed by atoms with E-state index in [-0.39, 0.29) is 11.7 Å². The first-order valence-corrected chi connectivity index (χ1v) is 8.27. The highest BCUT2D eigenvalue weighted by atomic mass is 19.1. The Bertz CT molecular complexity index is 662. The highest BCUT2D eigenvalue weighted by molar-refractivity contribution is 5.89. The molecule has 0 unspecified atom stereocenters. The van der Waals surface area contributed by atoms with E-state index in [1.54, 1.807) is 23.0 Å². The average Bonchev–Trinajstić information content (AvgIpc) is 3.17. The third-order valence-electron chi connectivity index (χ3n) is 4.40. The van der Waals surface area contributed by atoms with Gasteiger partial charge in [0.1, 0.15) is 5.82 Å². The van der Waals surface area contributed by atoms with Crippen LogP contribution >= 0.6 is 0 Å². The molecule has 4 nitrogen and oxygen atoms in total. The molecule has 0 radical (unpaired) electrons. The normalized spacial score (nSPS) is 15.0. The first-order chi connectivity index (χ1) is 11.2. The molecule has 1 heterocycles. The lowest BCUT2D eigenvalue weighted by Crippen LogP contribution is -2.13. The predicted octanol–water partition coefficient (Wildman–Crippen LogP) is 3.98. The molecule has 1 saturated carbocycles. The number of hydrogen-bond acceptors (Lipinski definition) is 2. The molecule has 0 atom stereocenters. The molecule has 1 aliphatic rings. The molecule has 0 bridgehead atoms. The van der Waals surface area contributed by atoms with Gasteiger partial charge in [-0.2, -0.15) is 5.10 Å². The van der Waals surface area contributed by atoms with Crippen molar-refractivity contribution in [3.8, 4) is 0 Å². The maximum absolute atomic E-state index is 13.2. The molecule has 122 valence electrons. The van der Waals surface area contributed by atoms with Gasteiger partial charge in [-0.3, -0.25) is 9.48 Å². The van der Waals surface area contributed by atoms with E-state index < -0.39 is 0 Å². The lowest BCUT2D eigenvalue weighted by Gasteiger charge is -2.07. The SMILES string of the molecule is O=C(CCC1CCCC1)Nc1ccn(Cc2cccc(F)c2)n1. The van der Waals surface area contributed by atoms with Gasteiger partial charge in [-0.05, 0) is 30.0 Å². The zero-order valence-electron chi connectivity index (χ0n) is 13.2. The minimum absolute atomic E-state index is 0.0212. The molecule has 1 N–H and O–H groups in total. The zero-order chi connectivity index (χ0) is 16.1. The van der Waals surface area contributed by atoms with Crippen LogP contribution in [0.5, 0.6) is 0 Å². The Hall–Kier alpha value is -2.17. The summed E-state index contributed by atoms with van der Waals surface area (Å²) in [6, 6.07) is 8.21. The van der Waals surface area contributed by atoms with E-state index in [4.69, 9.17) is 0 Å². The smallest absolute Gasteiger partial charge is 0.225 e. The molecule has 1 aromatic carbocycles. The first kappa shape index (κ1) is 15.7. The quantitative estimate of drug-likeness (QED) is 0.876. The molecule has 3 rings (SSSR count). The average molecular weight is 315 g/mol. The second kappa shape index (κ2) is 7.40. The molecule has 1 aliphatic carbocycles. The minimum atomic E-state index is -0.255. The van der Waals surface area contributed by atoms with Crippen molar-refractivity contribution in [2.75, 3.05) is 5.32 Å². The lowest BCUT2D eigenvalue weighted by molar-refractivity contribution is -0.116. The Morgan fingerprint density at radius 1 is 1.30 bits per heavy atom. The van der Waals surface area contributed by atoms with Gasteiger partial charge < -0.3 is 5.32 Å². The van der Waals surface area contributed by atoms with Crippen molar-refractivity contribution in [1.82, 2.24) is 9.78 Å². The fourth-order valence-electron chi connectivity index (χ4n) is 3.18. The number of nitrogens with zero attached hydrogens (tertiary/aromatic N) is 2. The van der Waals surface area contributed by atoms with Crippen molar-refractivity contribution < 1.29 is 9.18 Å². The van der Waals surface area contributed by atoms with Crippen LogP contribution in [0.25, 0.3) is 0 Å². The van der Waals surface area contributed by atoms with Crippen molar-refractivity contribution in [3.63, 3.8) is 0 Å². The zero-order valence-corrected chi connectivity index (χ0v) is 13.2. The maximum atomic E-state index is 13.2. The predicted molar refractivity (Wildman–Crippen MR) is 87.6 cm³/mol. The largest absolute Gasteiger partial charge is 0.309 e. The topological polar surface area (TPSA) is 46.9 Å². The molecular weight excluding hydrogens is 293 g/mol. The molecule has 1 fully saturated rings. The summed E-state index contributed by atoms with van der Waals surface area (Å²) in [5.74, 6) is 1.03. The van der Waals surface area contributed by atoms with Crippen LogP contribution < -0.4 is 5.32 Å². The van der Waals surface area contributed by atoms with Gasteiger partial charge in [0.15, 0.2) is 5.82 Å². The van der Waals surface area contributed by atoms with E-state index in [9.17, 15) is 9.18 Å². The molecule has 2 aromatic rings. The van der Waals surface area contributed by atoms with Gasteiger partial charge in [-0.25, -0.2) is 4.39 Å². The summed E-state index contributed by atoms with van der Waals surface area (Å²) < 4.78 is 14.9. The molecule has 0 aliphatic heterocycles. The lowest BCUT2D eigenvalue weighted by atomic mass is 10.0. The summed E-state index contributed by atoms with van der Waals surface area (Å²) >= 11 is 0. The number of rotatable bonds is 6. The monoisotopic (exact) mass is 315 g/mol. The number of nitrogens with one attached hydrogen (secondary N) is 1. The second-order valence-corrected chi connectivity index (χ2v) is 6.27. The van der Waals surface area contributed by atoms with Crippen molar-refractivity contribution in [2.45, 2.75) is 45.1 Å². The van der Waals surface area contributed by atoms with Crippen LogP contribution in [0, 0.1) is 11.7 Å². The number of halogens is 1. The molecule has 0 spiro atoms. The van der Waals surface area contributed by atoms with Crippen LogP contribution in [-0.2, 0) is 11.3 Å². The summed E-state index contributed by atoms with van der Waals surface area (Å²) in [5, 5.41) is 7.16. The highest BCUT2D eigenvalue weighted by Crippen LogP contribution is 2.28. The van der Waals surface area contributed by atoms with E-state index >= 15 is 0 Å². The van der Waals surface area contributed by atoms with Crippen molar-refractivity contribution >= 4 is 11.7 Å². The fraction of sp³-hybridized carbons (Fsp3) is 0.444. The summed E-state index contributed by atoms with van der Waals surface area (Å²) in [6.07, 6.45) is 8.44. The Balaban J connectivity index is 1.49. The van der Waals surface area contributed by atoms with Crippen LogP contribution in [0.3, 0.4) is 0 Å². The Kier molecular flexibility index (Phi) is 5.05. The van der Waals surface area contributed by atoms with Crippen LogP contribution in [0.2, 0.25) is 0 Å². The van der Waals surface area contributed by atoms with E-state index in [0.717, 1.165) is 12.0 Å². The van der Waals surface area contributed by atoms with Gasteiger partial charge in [0.25, 0.3) is 0 Å². The number of hydrogen-bond donors (Lipinski definition) is 1. The number of amides is 1. The van der Waals surface area contributed by atoms with Gasteiger partial charge in [-0.15, -0.1) is 0 Å². The molecular formula is C18H22FN3O. The summed E-state index contributed by atoms with van der Waals surface area (Å²) in [4.78, 5) is 12.0. The molecule has 1 amide bonds. The van der Waals surface area contributed by atoms with Crippen LogP contribution in [-0.4, -0.2) is 15.7 Å². The third-order valence-corrected chi connectivity index (χ3v) is 4.40. The van der Waals surface area contributed by atoms with E-state index in [1.807, 2.05) is 6.07 Å². The van der Waals surface area contributed by atoms with Gasteiger partial charge in [0.05, 0.1) is 6.54 Å². The van der Waals surface area contributed by atoms with Gasteiger partial charge in [-0.1, -0.05) is 37.8 Å². The minimum Gasteiger partial charge on any atom is -0.309 e. The maximum Gasteiger partial charge on any atom is 0.225 e. The van der Waals surface area contributed by atoms with Crippen LogP contribution in [0.15, 0.2) is 36.5 Å². The standard InChI is InChI=1S/C18H22FN3O/c19-16-7-3-6-15(12-16)13-22-11-10-17(21-22)20-18(23)9-8-14-4-1-2-5-14/h3,6-7,10-12,14H,1-2,4-5,8-9,13H2,(H,20,21,23). The summed E-state index contributed by atoms with van der Waals surface area (Å²) in [6.45, 7) is 0.482. The first-order valence-electron chi connectivity index (χ1n) is 8.27. The molecule has 0 saturated heterocycles.